The first-order valence-corrected chi connectivity index (χ1v) is 16.4. The van der Waals surface area contributed by atoms with Crippen LogP contribution in [-0.2, 0) is 4.74 Å². The molecule has 0 aliphatic heterocycles. The van der Waals surface area contributed by atoms with E-state index in [1.54, 1.807) is 50.7 Å². The number of benzene rings is 2. The molecule has 0 aliphatic carbocycles. The molecule has 1 heterocycles. The van der Waals surface area contributed by atoms with Crippen LogP contribution in [0.5, 0.6) is 23.0 Å². The van der Waals surface area contributed by atoms with Crippen molar-refractivity contribution in [2.45, 2.75) is 110 Å². The average Bonchev–Trinajstić information content (AvgIpc) is 3.03. The fourth-order valence-corrected chi connectivity index (χ4v) is 5.24. The second kappa shape index (κ2) is 20.4. The minimum absolute atomic E-state index is 0.434. The topological polar surface area (TPSA) is 78.9 Å². The molecule has 1 N–H and O–H groups in total. The number of fused-ring (bicyclic) bond motifs is 1. The number of anilines is 1. The molecule has 2 aromatic carbocycles. The predicted octanol–water partition coefficient (Wildman–Crippen LogP) is 10.9. The van der Waals surface area contributed by atoms with Crippen molar-refractivity contribution in [3.05, 3.63) is 48.7 Å². The van der Waals surface area contributed by atoms with E-state index in [9.17, 15) is 4.79 Å². The molecule has 0 saturated heterocycles. The van der Waals surface area contributed by atoms with Crippen LogP contribution in [0.15, 0.2) is 48.7 Å². The van der Waals surface area contributed by atoms with E-state index >= 15 is 0 Å². The molecule has 236 valence electrons. The van der Waals surface area contributed by atoms with Gasteiger partial charge in [-0.25, -0.2) is 4.79 Å². The van der Waals surface area contributed by atoms with E-state index in [0.717, 1.165) is 23.7 Å². The summed E-state index contributed by atoms with van der Waals surface area (Å²) in [5.41, 5.74) is 1.39. The van der Waals surface area contributed by atoms with Crippen molar-refractivity contribution in [1.82, 2.24) is 4.98 Å². The third kappa shape index (κ3) is 12.7. The van der Waals surface area contributed by atoms with Crippen molar-refractivity contribution in [1.29, 1.82) is 0 Å². The summed E-state index contributed by atoms with van der Waals surface area (Å²) in [7, 11) is 3.19. The van der Waals surface area contributed by atoms with Gasteiger partial charge in [-0.15, -0.1) is 0 Å². The number of carbonyl (C=O) groups excluding carboxylic acids is 1. The fourth-order valence-electron chi connectivity index (χ4n) is 5.24. The molecule has 0 atom stereocenters. The molecule has 3 aromatic rings. The van der Waals surface area contributed by atoms with Crippen molar-refractivity contribution in [3.8, 4) is 23.0 Å². The molecular weight excluding hydrogens is 540 g/mol. The van der Waals surface area contributed by atoms with Crippen LogP contribution in [0.2, 0.25) is 0 Å². The van der Waals surface area contributed by atoms with Crippen molar-refractivity contribution in [3.63, 3.8) is 0 Å². The van der Waals surface area contributed by atoms with Gasteiger partial charge in [0.25, 0.3) is 0 Å². The lowest BCUT2D eigenvalue weighted by atomic mass is 10.0. The molecule has 43 heavy (non-hydrogen) atoms. The predicted molar refractivity (Wildman–Crippen MR) is 176 cm³/mol. The second-order valence-corrected chi connectivity index (χ2v) is 11.2. The van der Waals surface area contributed by atoms with Gasteiger partial charge < -0.3 is 18.9 Å². The van der Waals surface area contributed by atoms with Gasteiger partial charge in [-0.3, -0.25) is 10.3 Å². The zero-order chi connectivity index (χ0) is 30.5. The Morgan fingerprint density at radius 2 is 1.21 bits per heavy atom. The summed E-state index contributed by atoms with van der Waals surface area (Å²) in [6, 6.07) is 12.7. The number of unbranched alkanes of at least 4 members (excludes halogenated alkanes) is 15. The van der Waals surface area contributed by atoms with E-state index in [1.165, 1.54) is 89.9 Å². The molecular formula is C36H52N2O5. The van der Waals surface area contributed by atoms with Crippen LogP contribution in [-0.4, -0.2) is 31.9 Å². The number of carbonyl (C=O) groups is 1. The summed E-state index contributed by atoms with van der Waals surface area (Å²) >= 11 is 0. The Kier molecular flexibility index (Phi) is 16.2. The van der Waals surface area contributed by atoms with E-state index in [4.69, 9.17) is 18.9 Å². The number of rotatable bonds is 22. The number of nitrogens with zero attached hydrogens (tertiary/aromatic N) is 1. The Balaban J connectivity index is 1.24. The Bertz CT molecular complexity index is 1200. The Hall–Kier alpha value is -3.48. The first-order chi connectivity index (χ1) is 21.1. The van der Waals surface area contributed by atoms with E-state index in [0.29, 0.717) is 35.3 Å². The van der Waals surface area contributed by atoms with Gasteiger partial charge in [0.15, 0.2) is 11.5 Å². The van der Waals surface area contributed by atoms with Crippen LogP contribution in [0.4, 0.5) is 10.5 Å². The molecule has 0 fully saturated rings. The first-order valence-electron chi connectivity index (χ1n) is 16.4. The number of ether oxygens (including phenoxy) is 4. The molecule has 1 aromatic heterocycles. The van der Waals surface area contributed by atoms with Crippen molar-refractivity contribution >= 4 is 22.7 Å². The zero-order valence-electron chi connectivity index (χ0n) is 26.6. The molecule has 7 heteroatoms. The summed E-state index contributed by atoms with van der Waals surface area (Å²) in [6.07, 6.45) is 22.4. The van der Waals surface area contributed by atoms with E-state index in [1.807, 2.05) is 12.1 Å². The maximum absolute atomic E-state index is 12.2. The van der Waals surface area contributed by atoms with Crippen molar-refractivity contribution < 1.29 is 23.7 Å². The summed E-state index contributed by atoms with van der Waals surface area (Å²) in [6.45, 7) is 2.72. The van der Waals surface area contributed by atoms with Crippen LogP contribution >= 0.6 is 0 Å². The van der Waals surface area contributed by atoms with E-state index in [2.05, 4.69) is 17.2 Å². The molecule has 0 bridgehead atoms. The lowest BCUT2D eigenvalue weighted by Crippen LogP contribution is -2.14. The second-order valence-electron chi connectivity index (χ2n) is 11.2. The SMILES string of the molecule is CCCCCCCCCCCCCCCCCCOC(=O)Nc1ccc(Oc2ccnc3cc(OC)c(OC)cc23)cc1. The van der Waals surface area contributed by atoms with Gasteiger partial charge in [-0.2, -0.15) is 0 Å². The number of aromatic nitrogens is 1. The molecule has 0 saturated carbocycles. The van der Waals surface area contributed by atoms with Crippen LogP contribution in [0, 0.1) is 0 Å². The van der Waals surface area contributed by atoms with Gasteiger partial charge >= 0.3 is 6.09 Å². The monoisotopic (exact) mass is 592 g/mol. The summed E-state index contributed by atoms with van der Waals surface area (Å²) in [5.74, 6) is 2.49. The third-order valence-electron chi connectivity index (χ3n) is 7.77. The lowest BCUT2D eigenvalue weighted by Gasteiger charge is -2.12. The Morgan fingerprint density at radius 1 is 0.674 bits per heavy atom. The standard InChI is InChI=1S/C36H52N2O5/c1-4-5-6-7-8-9-10-11-12-13-14-15-16-17-18-19-26-42-36(39)38-29-20-22-30(23-21-29)43-33-24-25-37-32-28-35(41-3)34(40-2)27-31(32)33/h20-25,27-28H,4-19,26H2,1-3H3,(H,38,39). The number of nitrogens with one attached hydrogen (secondary N) is 1. The average molecular weight is 593 g/mol. The van der Waals surface area contributed by atoms with Gasteiger partial charge in [-0.05, 0) is 42.8 Å². The highest BCUT2D eigenvalue weighted by Crippen LogP contribution is 2.37. The highest BCUT2D eigenvalue weighted by atomic mass is 16.5. The smallest absolute Gasteiger partial charge is 0.411 e. The summed E-state index contributed by atoms with van der Waals surface area (Å²) in [4.78, 5) is 16.6. The highest BCUT2D eigenvalue weighted by molar-refractivity contribution is 5.88. The van der Waals surface area contributed by atoms with E-state index in [-0.39, 0.29) is 0 Å². The summed E-state index contributed by atoms with van der Waals surface area (Å²) < 4.78 is 22.3. The largest absolute Gasteiger partial charge is 0.493 e. The third-order valence-corrected chi connectivity index (χ3v) is 7.77. The normalized spacial score (nSPS) is 11.0. The fraction of sp³-hybridized carbons (Fsp3) is 0.556. The lowest BCUT2D eigenvalue weighted by molar-refractivity contribution is 0.159. The Labute approximate surface area is 258 Å². The number of amides is 1. The van der Waals surface area contributed by atoms with Crippen LogP contribution < -0.4 is 19.5 Å². The van der Waals surface area contributed by atoms with Crippen LogP contribution in [0.3, 0.4) is 0 Å². The van der Waals surface area contributed by atoms with Gasteiger partial charge in [0.05, 0.1) is 26.3 Å². The molecule has 0 aliphatic rings. The maximum atomic E-state index is 12.2. The van der Waals surface area contributed by atoms with Gasteiger partial charge in [0, 0.05) is 23.3 Å². The molecule has 3 rings (SSSR count). The van der Waals surface area contributed by atoms with Crippen molar-refractivity contribution in [2.24, 2.45) is 0 Å². The van der Waals surface area contributed by atoms with Gasteiger partial charge in [0.2, 0.25) is 0 Å². The highest BCUT2D eigenvalue weighted by Gasteiger charge is 2.12. The number of methoxy groups -OCH3 is 2. The van der Waals surface area contributed by atoms with Crippen molar-refractivity contribution in [2.75, 3.05) is 26.1 Å². The Morgan fingerprint density at radius 3 is 1.77 bits per heavy atom. The minimum Gasteiger partial charge on any atom is -0.493 e. The maximum Gasteiger partial charge on any atom is 0.411 e. The van der Waals surface area contributed by atoms with Crippen LogP contribution in [0.1, 0.15) is 110 Å². The quantitative estimate of drug-likeness (QED) is 0.117. The number of pyridine rings is 1. The molecule has 0 spiro atoms. The molecule has 0 unspecified atom stereocenters. The summed E-state index contributed by atoms with van der Waals surface area (Å²) in [5, 5.41) is 3.59. The zero-order valence-corrected chi connectivity index (χ0v) is 26.6. The first kappa shape index (κ1) is 34.0. The van der Waals surface area contributed by atoms with Gasteiger partial charge in [-0.1, -0.05) is 103 Å². The number of hydrogen-bond acceptors (Lipinski definition) is 6. The van der Waals surface area contributed by atoms with Gasteiger partial charge in [0.1, 0.15) is 11.5 Å². The van der Waals surface area contributed by atoms with E-state index < -0.39 is 6.09 Å². The van der Waals surface area contributed by atoms with Crippen LogP contribution in [0.25, 0.3) is 10.9 Å². The minimum atomic E-state index is -0.434. The molecule has 1 amide bonds. The number of hydrogen-bond donors (Lipinski definition) is 1. The molecule has 7 nitrogen and oxygen atoms in total. The molecule has 0 radical (unpaired) electrons.